The van der Waals surface area contributed by atoms with Crippen LogP contribution in [-0.2, 0) is 23.0 Å². The van der Waals surface area contributed by atoms with Crippen molar-refractivity contribution in [1.82, 2.24) is 4.57 Å². The van der Waals surface area contributed by atoms with Crippen molar-refractivity contribution in [3.63, 3.8) is 0 Å². The Morgan fingerprint density at radius 1 is 1.04 bits per heavy atom. The van der Waals surface area contributed by atoms with Crippen LogP contribution in [0.5, 0.6) is 0 Å². The quantitative estimate of drug-likeness (QED) is 0.584. The van der Waals surface area contributed by atoms with Crippen LogP contribution in [0.25, 0.3) is 22.2 Å². The third-order valence-electron chi connectivity index (χ3n) is 4.77. The normalized spacial score (nSPS) is 13.9. The van der Waals surface area contributed by atoms with Gasteiger partial charge < -0.3 is 9.30 Å². The zero-order valence-electron chi connectivity index (χ0n) is 15.9. The van der Waals surface area contributed by atoms with Crippen LogP contribution in [0, 0.1) is 0 Å². The zero-order valence-corrected chi connectivity index (χ0v) is 15.9. The summed E-state index contributed by atoms with van der Waals surface area (Å²) < 4.78 is 7.61. The molecule has 0 bridgehead atoms. The molecule has 2 aromatic carbocycles. The number of fused-ring (bicyclic) bond motifs is 5. The van der Waals surface area contributed by atoms with E-state index in [1.807, 2.05) is 49.5 Å². The van der Waals surface area contributed by atoms with Gasteiger partial charge in [0, 0.05) is 23.5 Å². The molecule has 5 nitrogen and oxygen atoms in total. The number of aryl methyl sites for hydroxylation is 1. The average Bonchev–Trinajstić information content (AvgIpc) is 2.78. The van der Waals surface area contributed by atoms with E-state index in [0.717, 1.165) is 27.7 Å². The van der Waals surface area contributed by atoms with Gasteiger partial charge in [0.1, 0.15) is 5.60 Å². The molecule has 4 rings (SSSR count). The van der Waals surface area contributed by atoms with Gasteiger partial charge in [-0.2, -0.15) is 0 Å². The number of nitrogens with zero attached hydrogens (tertiary/aromatic N) is 2. The van der Waals surface area contributed by atoms with Gasteiger partial charge in [-0.15, -0.1) is 0 Å². The minimum atomic E-state index is -0.682. The highest BCUT2D eigenvalue weighted by molar-refractivity contribution is 6.18. The van der Waals surface area contributed by atoms with E-state index in [4.69, 9.17) is 4.74 Å². The van der Waals surface area contributed by atoms with E-state index in [2.05, 4.69) is 4.57 Å². The average molecular weight is 362 g/mol. The van der Waals surface area contributed by atoms with Crippen LogP contribution in [0.2, 0.25) is 0 Å². The lowest BCUT2D eigenvalue weighted by Gasteiger charge is -2.26. The predicted molar refractivity (Wildman–Crippen MR) is 106 cm³/mol. The van der Waals surface area contributed by atoms with Gasteiger partial charge in [0.15, 0.2) is 0 Å². The number of carbonyl (C=O) groups excluding carboxylic acids is 2. The summed E-state index contributed by atoms with van der Waals surface area (Å²) in [4.78, 5) is 27.1. The maximum Gasteiger partial charge on any atom is 0.421 e. The van der Waals surface area contributed by atoms with Crippen LogP contribution in [-0.4, -0.2) is 22.2 Å². The smallest absolute Gasteiger partial charge is 0.421 e. The summed E-state index contributed by atoms with van der Waals surface area (Å²) in [6, 6.07) is 15.5. The van der Waals surface area contributed by atoms with Gasteiger partial charge in [0.2, 0.25) is 5.91 Å². The number of hydrogen-bond donors (Lipinski definition) is 0. The molecular weight excluding hydrogens is 340 g/mol. The summed E-state index contributed by atoms with van der Waals surface area (Å²) in [6.07, 6.45) is -0.498. The lowest BCUT2D eigenvalue weighted by Crippen LogP contribution is -2.41. The van der Waals surface area contributed by atoms with E-state index < -0.39 is 11.7 Å². The number of benzene rings is 2. The lowest BCUT2D eigenvalue weighted by atomic mass is 10.0. The van der Waals surface area contributed by atoms with Crippen molar-refractivity contribution in [2.45, 2.75) is 32.8 Å². The molecule has 0 saturated heterocycles. The van der Waals surface area contributed by atoms with Crippen molar-refractivity contribution in [2.24, 2.45) is 7.05 Å². The Morgan fingerprint density at radius 2 is 1.70 bits per heavy atom. The molecule has 1 aliphatic rings. The molecule has 1 aromatic heterocycles. The van der Waals surface area contributed by atoms with Crippen molar-refractivity contribution in [3.8, 4) is 11.3 Å². The highest BCUT2D eigenvalue weighted by Crippen LogP contribution is 2.41. The molecule has 5 heteroatoms. The molecule has 0 unspecified atom stereocenters. The largest absolute Gasteiger partial charge is 0.443 e. The Kier molecular flexibility index (Phi) is 3.84. The number of hydrogen-bond acceptors (Lipinski definition) is 3. The minimum absolute atomic E-state index is 0.143. The van der Waals surface area contributed by atoms with Gasteiger partial charge in [-0.05, 0) is 38.5 Å². The topological polar surface area (TPSA) is 51.5 Å². The van der Waals surface area contributed by atoms with Crippen molar-refractivity contribution in [2.75, 3.05) is 4.90 Å². The first kappa shape index (κ1) is 17.3. The Balaban J connectivity index is 1.96. The van der Waals surface area contributed by atoms with Gasteiger partial charge in [0.25, 0.3) is 0 Å². The van der Waals surface area contributed by atoms with E-state index in [-0.39, 0.29) is 12.3 Å². The van der Waals surface area contributed by atoms with Crippen molar-refractivity contribution in [3.05, 3.63) is 54.1 Å². The van der Waals surface area contributed by atoms with Crippen LogP contribution in [0.3, 0.4) is 0 Å². The summed E-state index contributed by atoms with van der Waals surface area (Å²) in [5, 5.41) is 1.03. The Hall–Kier alpha value is -3.08. The van der Waals surface area contributed by atoms with E-state index in [1.54, 1.807) is 26.8 Å². The number of anilines is 1. The van der Waals surface area contributed by atoms with E-state index in [9.17, 15) is 9.59 Å². The predicted octanol–water partition coefficient (Wildman–Crippen LogP) is 4.67. The van der Waals surface area contributed by atoms with E-state index >= 15 is 0 Å². The number of carbonyl (C=O) groups is 2. The molecule has 27 heavy (non-hydrogen) atoms. The molecule has 0 N–H and O–H groups in total. The molecule has 0 saturated carbocycles. The molecule has 2 heterocycles. The highest BCUT2D eigenvalue weighted by Gasteiger charge is 2.35. The number of aromatic nitrogens is 1. The van der Waals surface area contributed by atoms with Crippen LogP contribution >= 0.6 is 0 Å². The monoisotopic (exact) mass is 362 g/mol. The van der Waals surface area contributed by atoms with Gasteiger partial charge in [0.05, 0.1) is 17.8 Å². The van der Waals surface area contributed by atoms with Gasteiger partial charge in [-0.25, -0.2) is 9.69 Å². The summed E-state index contributed by atoms with van der Waals surface area (Å²) in [5.41, 5.74) is 3.70. The van der Waals surface area contributed by atoms with Gasteiger partial charge >= 0.3 is 6.09 Å². The molecule has 0 fully saturated rings. The first-order chi connectivity index (χ1) is 12.8. The second-order valence-corrected chi connectivity index (χ2v) is 7.81. The molecule has 0 radical (unpaired) electrons. The highest BCUT2D eigenvalue weighted by atomic mass is 16.6. The Bertz CT molecular complexity index is 1070. The summed E-state index contributed by atoms with van der Waals surface area (Å²) in [6.45, 7) is 5.38. The number of ether oxygens (including phenoxy) is 1. The maximum absolute atomic E-state index is 13.1. The standard InChI is InChI=1S/C22H22N2O3/c1-22(2,3)27-21(26)24-18-12-8-6-10-15(18)20-16(13-19(24)25)14-9-5-7-11-17(14)23(20)4/h5-12H,13H2,1-4H3. The van der Waals surface area contributed by atoms with Crippen LogP contribution < -0.4 is 4.90 Å². The number of para-hydroxylation sites is 2. The summed E-state index contributed by atoms with van der Waals surface area (Å²) in [7, 11) is 1.99. The van der Waals surface area contributed by atoms with Gasteiger partial charge in [-0.3, -0.25) is 4.79 Å². The molecule has 0 aliphatic carbocycles. The second kappa shape index (κ2) is 5.98. The first-order valence-electron chi connectivity index (χ1n) is 8.99. The molecule has 138 valence electrons. The molecule has 0 spiro atoms. The summed E-state index contributed by atoms with van der Waals surface area (Å²) >= 11 is 0. The zero-order chi connectivity index (χ0) is 19.3. The molecular formula is C22H22N2O3. The van der Waals surface area contributed by atoms with Crippen molar-refractivity contribution < 1.29 is 14.3 Å². The van der Waals surface area contributed by atoms with Crippen LogP contribution in [0.15, 0.2) is 48.5 Å². The fourth-order valence-electron chi connectivity index (χ4n) is 3.74. The number of rotatable bonds is 0. The van der Waals surface area contributed by atoms with E-state index in [1.165, 1.54) is 4.90 Å². The number of amides is 2. The van der Waals surface area contributed by atoms with E-state index in [0.29, 0.717) is 5.69 Å². The van der Waals surface area contributed by atoms with Crippen LogP contribution in [0.4, 0.5) is 10.5 Å². The summed E-state index contributed by atoms with van der Waals surface area (Å²) in [5.74, 6) is -0.285. The fraction of sp³-hybridized carbons (Fsp3) is 0.273. The fourth-order valence-corrected chi connectivity index (χ4v) is 3.74. The first-order valence-corrected chi connectivity index (χ1v) is 8.99. The second-order valence-electron chi connectivity index (χ2n) is 7.81. The minimum Gasteiger partial charge on any atom is -0.443 e. The maximum atomic E-state index is 13.1. The van der Waals surface area contributed by atoms with Crippen LogP contribution in [0.1, 0.15) is 26.3 Å². The third kappa shape index (κ3) is 2.79. The van der Waals surface area contributed by atoms with Crippen molar-refractivity contribution in [1.29, 1.82) is 0 Å². The van der Waals surface area contributed by atoms with Crippen molar-refractivity contribution >= 4 is 28.6 Å². The molecule has 1 aliphatic heterocycles. The third-order valence-corrected chi connectivity index (χ3v) is 4.77. The number of imide groups is 1. The molecule has 2 amide bonds. The molecule has 0 atom stereocenters. The lowest BCUT2D eigenvalue weighted by molar-refractivity contribution is -0.117. The Morgan fingerprint density at radius 3 is 2.44 bits per heavy atom. The molecule has 3 aromatic rings. The SMILES string of the molecule is Cn1c2c(c3ccccc31)CC(=O)N(C(=O)OC(C)(C)C)c1ccccc1-2. The Labute approximate surface area is 158 Å². The van der Waals surface area contributed by atoms with Gasteiger partial charge in [-0.1, -0.05) is 36.4 Å².